The standard InChI is InChI=1S/C15H19ClN2O4/c16-13-4-3-12(22-13)15(21)17-10-5-11(6-10)18(8-14(19)20)7-9-1-2-9/h3-4,9-11H,1-2,5-8H2,(H,17,21)(H,19,20). The fraction of sp³-hybridized carbons (Fsp3) is 0.600. The summed E-state index contributed by atoms with van der Waals surface area (Å²) in [5.74, 6) is -0.215. The lowest BCUT2D eigenvalue weighted by molar-refractivity contribution is -0.139. The van der Waals surface area contributed by atoms with Crippen LogP contribution in [0.25, 0.3) is 0 Å². The SMILES string of the molecule is O=C(O)CN(CC1CC1)C1CC(NC(=O)c2ccc(Cl)o2)C1. The summed E-state index contributed by atoms with van der Waals surface area (Å²) < 4.78 is 5.07. The predicted octanol–water partition coefficient (Wildman–Crippen LogP) is 1.99. The first kappa shape index (κ1) is 15.4. The topological polar surface area (TPSA) is 82.8 Å². The molecule has 120 valence electrons. The van der Waals surface area contributed by atoms with Crippen LogP contribution < -0.4 is 5.32 Å². The van der Waals surface area contributed by atoms with Gasteiger partial charge < -0.3 is 14.8 Å². The van der Waals surface area contributed by atoms with Crippen LogP contribution in [0.15, 0.2) is 16.5 Å². The normalized spacial score (nSPS) is 24.1. The molecule has 0 saturated heterocycles. The summed E-state index contributed by atoms with van der Waals surface area (Å²) in [5.41, 5.74) is 0. The molecule has 0 radical (unpaired) electrons. The largest absolute Gasteiger partial charge is 0.480 e. The van der Waals surface area contributed by atoms with Crippen molar-refractivity contribution in [1.82, 2.24) is 10.2 Å². The van der Waals surface area contributed by atoms with Gasteiger partial charge in [-0.3, -0.25) is 14.5 Å². The number of halogens is 1. The van der Waals surface area contributed by atoms with Gasteiger partial charge in [-0.15, -0.1) is 0 Å². The zero-order valence-electron chi connectivity index (χ0n) is 12.1. The molecule has 0 bridgehead atoms. The number of furan rings is 1. The molecule has 3 rings (SSSR count). The minimum atomic E-state index is -0.793. The minimum Gasteiger partial charge on any atom is -0.480 e. The Morgan fingerprint density at radius 3 is 2.64 bits per heavy atom. The van der Waals surface area contributed by atoms with E-state index < -0.39 is 5.97 Å². The summed E-state index contributed by atoms with van der Waals surface area (Å²) in [6.45, 7) is 0.932. The smallest absolute Gasteiger partial charge is 0.317 e. The molecular formula is C15H19ClN2O4. The first-order valence-electron chi connectivity index (χ1n) is 7.53. The van der Waals surface area contributed by atoms with Crippen molar-refractivity contribution in [3.8, 4) is 0 Å². The van der Waals surface area contributed by atoms with Crippen molar-refractivity contribution in [2.75, 3.05) is 13.1 Å². The van der Waals surface area contributed by atoms with E-state index in [4.69, 9.17) is 21.1 Å². The second-order valence-corrected chi connectivity index (χ2v) is 6.54. The monoisotopic (exact) mass is 326 g/mol. The van der Waals surface area contributed by atoms with Crippen LogP contribution in [0.4, 0.5) is 0 Å². The Kier molecular flexibility index (Phi) is 4.40. The molecule has 22 heavy (non-hydrogen) atoms. The molecular weight excluding hydrogens is 308 g/mol. The van der Waals surface area contributed by atoms with E-state index in [-0.39, 0.29) is 35.5 Å². The number of carbonyl (C=O) groups excluding carboxylic acids is 1. The van der Waals surface area contributed by atoms with E-state index in [9.17, 15) is 9.59 Å². The molecule has 1 aromatic heterocycles. The molecule has 0 aromatic carbocycles. The van der Waals surface area contributed by atoms with Gasteiger partial charge in [0.1, 0.15) is 0 Å². The van der Waals surface area contributed by atoms with Crippen molar-refractivity contribution in [2.45, 2.75) is 37.8 Å². The van der Waals surface area contributed by atoms with Crippen LogP contribution in [0.5, 0.6) is 0 Å². The van der Waals surface area contributed by atoms with Crippen LogP contribution in [0, 0.1) is 5.92 Å². The molecule has 2 aliphatic carbocycles. The molecule has 6 nitrogen and oxygen atoms in total. The minimum absolute atomic E-state index is 0.0665. The maximum atomic E-state index is 11.9. The van der Waals surface area contributed by atoms with Gasteiger partial charge in [-0.05, 0) is 55.3 Å². The predicted molar refractivity (Wildman–Crippen MR) is 79.9 cm³/mol. The number of carboxylic acid groups (broad SMARTS) is 1. The van der Waals surface area contributed by atoms with Crippen molar-refractivity contribution in [3.63, 3.8) is 0 Å². The van der Waals surface area contributed by atoms with Gasteiger partial charge in [-0.25, -0.2) is 0 Å². The molecule has 7 heteroatoms. The van der Waals surface area contributed by atoms with Gasteiger partial charge in [0.2, 0.25) is 0 Å². The van der Waals surface area contributed by atoms with Crippen LogP contribution in [-0.4, -0.2) is 47.1 Å². The molecule has 2 saturated carbocycles. The summed E-state index contributed by atoms with van der Waals surface area (Å²) in [4.78, 5) is 24.9. The molecule has 0 atom stereocenters. The number of carbonyl (C=O) groups is 2. The summed E-state index contributed by atoms with van der Waals surface area (Å²) in [5, 5.41) is 12.1. The highest BCUT2D eigenvalue weighted by atomic mass is 35.5. The molecule has 0 spiro atoms. The third kappa shape index (κ3) is 3.81. The molecule has 1 aromatic rings. The Balaban J connectivity index is 1.47. The van der Waals surface area contributed by atoms with E-state index in [1.165, 1.54) is 25.0 Å². The van der Waals surface area contributed by atoms with Crippen molar-refractivity contribution in [2.24, 2.45) is 5.92 Å². The van der Waals surface area contributed by atoms with Crippen LogP contribution >= 0.6 is 11.6 Å². The quantitative estimate of drug-likeness (QED) is 0.800. The van der Waals surface area contributed by atoms with Crippen molar-refractivity contribution in [1.29, 1.82) is 0 Å². The summed E-state index contributed by atoms with van der Waals surface area (Å²) in [7, 11) is 0. The highest BCUT2D eigenvalue weighted by molar-refractivity contribution is 6.29. The van der Waals surface area contributed by atoms with Gasteiger partial charge >= 0.3 is 5.97 Å². The average molecular weight is 327 g/mol. The first-order chi connectivity index (χ1) is 10.5. The number of rotatable bonds is 7. The fourth-order valence-electron chi connectivity index (χ4n) is 2.85. The first-order valence-corrected chi connectivity index (χ1v) is 7.91. The van der Waals surface area contributed by atoms with E-state index in [2.05, 4.69) is 5.32 Å². The number of carboxylic acids is 1. The highest BCUT2D eigenvalue weighted by Gasteiger charge is 2.38. The Labute approximate surface area is 133 Å². The molecule has 0 aliphatic heterocycles. The van der Waals surface area contributed by atoms with E-state index in [1.807, 2.05) is 4.90 Å². The number of amides is 1. The van der Waals surface area contributed by atoms with Crippen LogP contribution in [0.1, 0.15) is 36.2 Å². The lowest BCUT2D eigenvalue weighted by atomic mass is 9.85. The third-order valence-electron chi connectivity index (χ3n) is 4.29. The van der Waals surface area contributed by atoms with Gasteiger partial charge in [0, 0.05) is 18.6 Å². The van der Waals surface area contributed by atoms with Gasteiger partial charge in [0.05, 0.1) is 6.54 Å². The maximum Gasteiger partial charge on any atom is 0.317 e. The number of aliphatic carboxylic acids is 1. The van der Waals surface area contributed by atoms with E-state index in [1.54, 1.807) is 0 Å². The molecule has 1 heterocycles. The number of nitrogens with zero attached hydrogens (tertiary/aromatic N) is 1. The average Bonchev–Trinajstić information content (AvgIpc) is 3.10. The second kappa shape index (κ2) is 6.30. The molecule has 1 amide bonds. The highest BCUT2D eigenvalue weighted by Crippen LogP contribution is 2.33. The fourth-order valence-corrected chi connectivity index (χ4v) is 2.99. The number of nitrogens with one attached hydrogen (secondary N) is 1. The molecule has 2 N–H and O–H groups in total. The molecule has 2 aliphatic rings. The van der Waals surface area contributed by atoms with E-state index in [0.717, 1.165) is 19.4 Å². The summed E-state index contributed by atoms with van der Waals surface area (Å²) in [6.07, 6.45) is 3.95. The van der Waals surface area contributed by atoms with Gasteiger partial charge in [-0.1, -0.05) is 0 Å². The molecule has 0 unspecified atom stereocenters. The van der Waals surface area contributed by atoms with Gasteiger partial charge in [0.15, 0.2) is 11.0 Å². The van der Waals surface area contributed by atoms with Crippen LogP contribution in [0.2, 0.25) is 5.22 Å². The van der Waals surface area contributed by atoms with E-state index in [0.29, 0.717) is 5.92 Å². The summed E-state index contributed by atoms with van der Waals surface area (Å²) in [6, 6.07) is 3.38. The number of hydrogen-bond acceptors (Lipinski definition) is 4. The van der Waals surface area contributed by atoms with Crippen molar-refractivity contribution >= 4 is 23.5 Å². The summed E-state index contributed by atoms with van der Waals surface area (Å²) >= 11 is 5.65. The van der Waals surface area contributed by atoms with E-state index >= 15 is 0 Å². The van der Waals surface area contributed by atoms with Gasteiger partial charge in [-0.2, -0.15) is 0 Å². The Morgan fingerprint density at radius 1 is 1.36 bits per heavy atom. The Morgan fingerprint density at radius 2 is 2.09 bits per heavy atom. The van der Waals surface area contributed by atoms with Crippen molar-refractivity contribution < 1.29 is 19.1 Å². The Hall–Kier alpha value is -1.53. The third-order valence-corrected chi connectivity index (χ3v) is 4.49. The zero-order valence-corrected chi connectivity index (χ0v) is 12.9. The molecule has 2 fully saturated rings. The maximum absolute atomic E-state index is 11.9. The lowest BCUT2D eigenvalue weighted by Gasteiger charge is -2.42. The van der Waals surface area contributed by atoms with Crippen LogP contribution in [-0.2, 0) is 4.79 Å². The Bertz CT molecular complexity index is 564. The van der Waals surface area contributed by atoms with Crippen molar-refractivity contribution in [3.05, 3.63) is 23.1 Å². The van der Waals surface area contributed by atoms with Crippen LogP contribution in [0.3, 0.4) is 0 Å². The van der Waals surface area contributed by atoms with Gasteiger partial charge in [0.25, 0.3) is 5.91 Å². The number of hydrogen-bond donors (Lipinski definition) is 2. The zero-order chi connectivity index (χ0) is 15.7. The second-order valence-electron chi connectivity index (χ2n) is 6.17. The lowest BCUT2D eigenvalue weighted by Crippen LogP contribution is -2.55.